The first kappa shape index (κ1) is 18.5. The first-order chi connectivity index (χ1) is 10.3. The third-order valence-corrected chi connectivity index (χ3v) is 3.48. The number of benzene rings is 1. The molecular formula is C17H24ClNO3. The van der Waals surface area contributed by atoms with Gasteiger partial charge < -0.3 is 4.74 Å². The maximum absolute atomic E-state index is 12.5. The molecule has 22 heavy (non-hydrogen) atoms. The number of halogens is 1. The summed E-state index contributed by atoms with van der Waals surface area (Å²) in [5.74, 6) is -0.748. The van der Waals surface area contributed by atoms with Crippen molar-refractivity contribution >= 4 is 29.2 Å². The number of carbonyl (C=O) groups is 2. The van der Waals surface area contributed by atoms with Crippen molar-refractivity contribution in [2.75, 3.05) is 4.90 Å². The highest BCUT2D eigenvalue weighted by molar-refractivity contribution is 6.33. The SMILES string of the molecule is CCc1ccccc1N(C(=O)C(C)Cl)C(C)C(=O)OC(C)C. The predicted molar refractivity (Wildman–Crippen MR) is 89.3 cm³/mol. The molecule has 0 aliphatic rings. The second-order valence-electron chi connectivity index (χ2n) is 5.47. The van der Waals surface area contributed by atoms with E-state index in [0.29, 0.717) is 5.69 Å². The number of rotatable bonds is 6. The van der Waals surface area contributed by atoms with Gasteiger partial charge in [-0.25, -0.2) is 4.79 Å². The van der Waals surface area contributed by atoms with E-state index in [4.69, 9.17) is 16.3 Å². The van der Waals surface area contributed by atoms with Crippen LogP contribution in [0.3, 0.4) is 0 Å². The Balaban J connectivity index is 3.24. The minimum atomic E-state index is -0.733. The van der Waals surface area contributed by atoms with Crippen LogP contribution in [0.5, 0.6) is 0 Å². The molecule has 1 amide bonds. The van der Waals surface area contributed by atoms with Crippen LogP contribution in [-0.2, 0) is 20.7 Å². The van der Waals surface area contributed by atoms with Gasteiger partial charge in [-0.3, -0.25) is 9.69 Å². The van der Waals surface area contributed by atoms with E-state index < -0.39 is 17.4 Å². The summed E-state index contributed by atoms with van der Waals surface area (Å²) in [6.45, 7) is 8.82. The number of amides is 1. The maximum Gasteiger partial charge on any atom is 0.329 e. The Bertz CT molecular complexity index is 528. The minimum Gasteiger partial charge on any atom is -0.461 e. The Kier molecular flexibility index (Phi) is 6.88. The Labute approximate surface area is 137 Å². The number of hydrogen-bond donors (Lipinski definition) is 0. The van der Waals surface area contributed by atoms with Crippen molar-refractivity contribution in [1.29, 1.82) is 0 Å². The molecule has 0 aliphatic carbocycles. The van der Waals surface area contributed by atoms with E-state index in [2.05, 4.69) is 0 Å². The number of alkyl halides is 1. The molecule has 0 fully saturated rings. The van der Waals surface area contributed by atoms with Crippen LogP contribution >= 0.6 is 11.6 Å². The van der Waals surface area contributed by atoms with E-state index in [0.717, 1.165) is 12.0 Å². The van der Waals surface area contributed by atoms with Crippen molar-refractivity contribution in [3.05, 3.63) is 29.8 Å². The Morgan fingerprint density at radius 2 is 1.77 bits per heavy atom. The van der Waals surface area contributed by atoms with Crippen LogP contribution < -0.4 is 4.90 Å². The average molecular weight is 326 g/mol. The highest BCUT2D eigenvalue weighted by atomic mass is 35.5. The number of esters is 1. The number of hydrogen-bond acceptors (Lipinski definition) is 3. The van der Waals surface area contributed by atoms with E-state index in [1.807, 2.05) is 31.2 Å². The standard InChI is InChI=1S/C17H24ClNO3/c1-6-14-9-7-8-10-15(14)19(16(20)12(4)18)13(5)17(21)22-11(2)3/h7-13H,6H2,1-5H3. The van der Waals surface area contributed by atoms with Gasteiger partial charge >= 0.3 is 5.97 Å². The van der Waals surface area contributed by atoms with E-state index in [9.17, 15) is 9.59 Å². The zero-order valence-electron chi connectivity index (χ0n) is 13.8. The molecule has 0 aliphatic heterocycles. The smallest absolute Gasteiger partial charge is 0.329 e. The van der Waals surface area contributed by atoms with Crippen molar-refractivity contribution in [2.45, 2.75) is 58.6 Å². The van der Waals surface area contributed by atoms with Crippen LogP contribution in [0, 0.1) is 0 Å². The summed E-state index contributed by atoms with van der Waals surface area (Å²) in [7, 11) is 0. The molecule has 0 aromatic heterocycles. The summed E-state index contributed by atoms with van der Waals surface area (Å²) in [5.41, 5.74) is 1.69. The zero-order chi connectivity index (χ0) is 16.9. The van der Waals surface area contributed by atoms with Gasteiger partial charge in [0.25, 0.3) is 0 Å². The lowest BCUT2D eigenvalue weighted by Gasteiger charge is -2.31. The molecule has 0 heterocycles. The van der Waals surface area contributed by atoms with Crippen LogP contribution in [0.1, 0.15) is 40.2 Å². The molecule has 0 spiro atoms. The monoisotopic (exact) mass is 325 g/mol. The molecule has 1 aromatic carbocycles. The molecular weight excluding hydrogens is 302 g/mol. The average Bonchev–Trinajstić information content (AvgIpc) is 2.46. The van der Waals surface area contributed by atoms with Crippen LogP contribution in [0.4, 0.5) is 5.69 Å². The third kappa shape index (κ3) is 4.47. The van der Waals surface area contributed by atoms with Crippen molar-refractivity contribution in [3.63, 3.8) is 0 Å². The normalized spacial score (nSPS) is 13.6. The summed E-state index contributed by atoms with van der Waals surface area (Å²) >= 11 is 5.98. The second-order valence-corrected chi connectivity index (χ2v) is 6.12. The number of aryl methyl sites for hydroxylation is 1. The quantitative estimate of drug-likeness (QED) is 0.593. The van der Waals surface area contributed by atoms with E-state index >= 15 is 0 Å². The number of ether oxygens (including phenoxy) is 1. The van der Waals surface area contributed by atoms with Gasteiger partial charge in [-0.2, -0.15) is 0 Å². The fourth-order valence-electron chi connectivity index (χ4n) is 2.19. The van der Waals surface area contributed by atoms with Crippen LogP contribution in [0.25, 0.3) is 0 Å². The number of carbonyl (C=O) groups excluding carboxylic acids is 2. The van der Waals surface area contributed by atoms with Gasteiger partial charge in [0.05, 0.1) is 6.10 Å². The van der Waals surface area contributed by atoms with Gasteiger partial charge in [0.15, 0.2) is 0 Å². The minimum absolute atomic E-state index is 0.234. The molecule has 4 nitrogen and oxygen atoms in total. The number of anilines is 1. The van der Waals surface area contributed by atoms with Crippen LogP contribution in [0.2, 0.25) is 0 Å². The number of para-hydroxylation sites is 1. The predicted octanol–water partition coefficient (Wildman–Crippen LogP) is 3.55. The van der Waals surface area contributed by atoms with Gasteiger partial charge in [-0.1, -0.05) is 25.1 Å². The molecule has 122 valence electrons. The van der Waals surface area contributed by atoms with Crippen LogP contribution in [-0.4, -0.2) is 29.4 Å². The van der Waals surface area contributed by atoms with Gasteiger partial charge in [0, 0.05) is 5.69 Å². The first-order valence-corrected chi connectivity index (χ1v) is 7.98. The molecule has 0 N–H and O–H groups in total. The Hall–Kier alpha value is -1.55. The summed E-state index contributed by atoms with van der Waals surface area (Å²) < 4.78 is 5.24. The number of nitrogens with zero attached hydrogens (tertiary/aromatic N) is 1. The topological polar surface area (TPSA) is 46.6 Å². The van der Waals surface area contributed by atoms with Gasteiger partial charge in [-0.05, 0) is 45.7 Å². The highest BCUT2D eigenvalue weighted by Gasteiger charge is 2.32. The fraction of sp³-hybridized carbons (Fsp3) is 0.529. The fourth-order valence-corrected chi connectivity index (χ4v) is 2.30. The largest absolute Gasteiger partial charge is 0.461 e. The summed E-state index contributed by atoms with van der Waals surface area (Å²) in [5, 5.41) is -0.723. The summed E-state index contributed by atoms with van der Waals surface area (Å²) in [6, 6.07) is 6.79. The molecule has 0 saturated heterocycles. The Morgan fingerprint density at radius 3 is 2.27 bits per heavy atom. The van der Waals surface area contributed by atoms with Gasteiger partial charge in [0.2, 0.25) is 5.91 Å². The van der Waals surface area contributed by atoms with Crippen molar-refractivity contribution < 1.29 is 14.3 Å². The highest BCUT2D eigenvalue weighted by Crippen LogP contribution is 2.25. The lowest BCUT2D eigenvalue weighted by molar-refractivity contribution is -0.149. The lowest BCUT2D eigenvalue weighted by Crippen LogP contribution is -2.47. The molecule has 2 unspecified atom stereocenters. The first-order valence-electron chi connectivity index (χ1n) is 7.55. The van der Waals surface area contributed by atoms with Gasteiger partial charge in [0.1, 0.15) is 11.4 Å². The van der Waals surface area contributed by atoms with E-state index in [-0.39, 0.29) is 12.0 Å². The molecule has 2 atom stereocenters. The second kappa shape index (κ2) is 8.18. The van der Waals surface area contributed by atoms with Crippen molar-refractivity contribution in [2.24, 2.45) is 0 Å². The zero-order valence-corrected chi connectivity index (χ0v) is 14.6. The lowest BCUT2D eigenvalue weighted by atomic mass is 10.1. The summed E-state index contributed by atoms with van der Waals surface area (Å²) in [4.78, 5) is 26.2. The third-order valence-electron chi connectivity index (χ3n) is 3.29. The molecule has 1 rings (SSSR count). The summed E-state index contributed by atoms with van der Waals surface area (Å²) in [6.07, 6.45) is 0.518. The van der Waals surface area contributed by atoms with E-state index in [1.54, 1.807) is 27.7 Å². The molecule has 0 radical (unpaired) electrons. The van der Waals surface area contributed by atoms with E-state index in [1.165, 1.54) is 4.90 Å². The van der Waals surface area contributed by atoms with Crippen LogP contribution in [0.15, 0.2) is 24.3 Å². The molecule has 0 saturated carbocycles. The molecule has 5 heteroatoms. The molecule has 1 aromatic rings. The Morgan fingerprint density at radius 1 is 1.18 bits per heavy atom. The molecule has 0 bridgehead atoms. The van der Waals surface area contributed by atoms with Gasteiger partial charge in [-0.15, -0.1) is 11.6 Å². The van der Waals surface area contributed by atoms with Crippen molar-refractivity contribution in [3.8, 4) is 0 Å². The maximum atomic E-state index is 12.5. The van der Waals surface area contributed by atoms with Crippen molar-refractivity contribution in [1.82, 2.24) is 0 Å².